The average Bonchev–Trinajstić information content (AvgIpc) is 2.71. The third-order valence-corrected chi connectivity index (χ3v) is 4.78. The number of hydrogen-bond acceptors (Lipinski definition) is 3. The molecule has 98 valence electrons. The number of aryl methyl sites for hydroxylation is 1. The summed E-state index contributed by atoms with van der Waals surface area (Å²) in [7, 11) is -3.61. The average molecular weight is 267 g/mol. The first kappa shape index (κ1) is 13.3. The van der Waals surface area contributed by atoms with Crippen molar-refractivity contribution in [3.05, 3.63) is 42.5 Å². The number of nitrogens with zero attached hydrogens (tertiary/aromatic N) is 1. The minimum Gasteiger partial charge on any atom is -0.283 e. The van der Waals surface area contributed by atoms with Gasteiger partial charge in [0.25, 0.3) is 10.0 Å². The van der Waals surface area contributed by atoms with Crippen molar-refractivity contribution in [2.24, 2.45) is 5.92 Å². The van der Waals surface area contributed by atoms with Gasteiger partial charge in [0.2, 0.25) is 0 Å². The maximum absolute atomic E-state index is 12.4. The molecule has 4 nitrogen and oxygen atoms in total. The van der Waals surface area contributed by atoms with E-state index in [9.17, 15) is 8.42 Å². The van der Waals surface area contributed by atoms with E-state index in [-0.39, 0.29) is 16.9 Å². The van der Waals surface area contributed by atoms with Crippen LogP contribution in [0.5, 0.6) is 0 Å². The van der Waals surface area contributed by atoms with Crippen LogP contribution in [0.1, 0.15) is 12.5 Å². The van der Waals surface area contributed by atoms with Crippen LogP contribution >= 0.6 is 0 Å². The Bertz CT molecular complexity index is 536. The Morgan fingerprint density at radius 1 is 1.39 bits per heavy atom. The summed E-state index contributed by atoms with van der Waals surface area (Å²) in [5, 5.41) is 0. The Hall–Kier alpha value is -1.17. The van der Waals surface area contributed by atoms with Gasteiger partial charge in [-0.2, -0.15) is 0 Å². The molecule has 1 saturated heterocycles. The maximum atomic E-state index is 12.4. The monoisotopic (exact) mass is 267 g/mol. The van der Waals surface area contributed by atoms with E-state index in [1.54, 1.807) is 30.3 Å². The van der Waals surface area contributed by atoms with Gasteiger partial charge in [-0.15, -0.1) is 6.58 Å². The molecule has 0 radical (unpaired) electrons. The van der Waals surface area contributed by atoms with Gasteiger partial charge in [0.1, 0.15) is 0 Å². The van der Waals surface area contributed by atoms with Crippen molar-refractivity contribution < 1.29 is 13.3 Å². The van der Waals surface area contributed by atoms with E-state index >= 15 is 0 Å². The highest BCUT2D eigenvalue weighted by Crippen LogP contribution is 2.28. The van der Waals surface area contributed by atoms with E-state index in [1.807, 2.05) is 13.8 Å². The van der Waals surface area contributed by atoms with Crippen molar-refractivity contribution in [3.63, 3.8) is 0 Å². The molecule has 2 unspecified atom stereocenters. The first-order valence-corrected chi connectivity index (χ1v) is 7.27. The maximum Gasteiger partial charge on any atom is 0.265 e. The Morgan fingerprint density at radius 2 is 2.00 bits per heavy atom. The lowest BCUT2D eigenvalue weighted by Gasteiger charge is -2.20. The zero-order valence-electron chi connectivity index (χ0n) is 10.5. The predicted molar refractivity (Wildman–Crippen MR) is 69.3 cm³/mol. The Kier molecular flexibility index (Phi) is 3.56. The number of hydrogen-bond donors (Lipinski definition) is 0. The smallest absolute Gasteiger partial charge is 0.265 e. The molecule has 0 spiro atoms. The molecule has 0 aliphatic carbocycles. The Morgan fingerprint density at radius 3 is 2.56 bits per heavy atom. The second kappa shape index (κ2) is 4.84. The lowest BCUT2D eigenvalue weighted by atomic mass is 10.1. The van der Waals surface area contributed by atoms with Crippen LogP contribution in [0.2, 0.25) is 0 Å². The summed E-state index contributed by atoms with van der Waals surface area (Å²) in [6.07, 6.45) is 1.61. The Labute approximate surface area is 108 Å². The molecule has 0 aromatic heterocycles. The lowest BCUT2D eigenvalue weighted by molar-refractivity contribution is -0.0412. The van der Waals surface area contributed by atoms with Crippen LogP contribution in [0, 0.1) is 12.8 Å². The van der Waals surface area contributed by atoms with Crippen LogP contribution in [0.15, 0.2) is 41.8 Å². The summed E-state index contributed by atoms with van der Waals surface area (Å²) >= 11 is 0. The summed E-state index contributed by atoms with van der Waals surface area (Å²) in [5.41, 5.74) is 1.02. The molecule has 1 aliphatic heterocycles. The molecule has 1 aromatic carbocycles. The molecule has 1 fully saturated rings. The minimum atomic E-state index is -3.61. The molecule has 0 bridgehead atoms. The fraction of sp³-hybridized carbons (Fsp3) is 0.385. The van der Waals surface area contributed by atoms with Crippen LogP contribution < -0.4 is 0 Å². The standard InChI is InChI=1S/C13H17NO3S/c1-4-13-11(3)9-17-14(13)18(15,16)12-7-5-10(2)6-8-12/h4-8,11,13H,1,9H2,2-3H3. The van der Waals surface area contributed by atoms with Crippen LogP contribution in [-0.4, -0.2) is 25.5 Å². The fourth-order valence-corrected chi connectivity index (χ4v) is 3.45. The third kappa shape index (κ3) is 2.21. The third-order valence-electron chi connectivity index (χ3n) is 3.09. The predicted octanol–water partition coefficient (Wildman–Crippen LogP) is 2.12. The summed E-state index contributed by atoms with van der Waals surface area (Å²) < 4.78 is 25.9. The molecule has 18 heavy (non-hydrogen) atoms. The van der Waals surface area contributed by atoms with Crippen molar-refractivity contribution in [2.45, 2.75) is 24.8 Å². The van der Waals surface area contributed by atoms with Gasteiger partial charge in [-0.1, -0.05) is 35.2 Å². The SMILES string of the molecule is C=CC1C(C)CON1S(=O)(=O)c1ccc(C)cc1. The van der Waals surface area contributed by atoms with Crippen molar-refractivity contribution in [1.29, 1.82) is 0 Å². The van der Waals surface area contributed by atoms with E-state index in [2.05, 4.69) is 6.58 Å². The zero-order chi connectivity index (χ0) is 13.3. The first-order chi connectivity index (χ1) is 8.46. The van der Waals surface area contributed by atoms with Gasteiger partial charge in [0, 0.05) is 5.92 Å². The molecule has 0 N–H and O–H groups in total. The quantitative estimate of drug-likeness (QED) is 0.788. The second-order valence-corrected chi connectivity index (χ2v) is 6.35. The van der Waals surface area contributed by atoms with Gasteiger partial charge in [-0.25, -0.2) is 8.42 Å². The number of benzene rings is 1. The lowest BCUT2D eigenvalue weighted by Crippen LogP contribution is -2.35. The summed E-state index contributed by atoms with van der Waals surface area (Å²) in [5.74, 6) is 0.114. The van der Waals surface area contributed by atoms with Crippen LogP contribution in [-0.2, 0) is 14.9 Å². The minimum absolute atomic E-state index is 0.114. The number of hydroxylamine groups is 1. The van der Waals surface area contributed by atoms with Crippen LogP contribution in [0.25, 0.3) is 0 Å². The first-order valence-electron chi connectivity index (χ1n) is 5.83. The molecular formula is C13H17NO3S. The highest BCUT2D eigenvalue weighted by atomic mass is 32.2. The molecule has 1 aliphatic rings. The van der Waals surface area contributed by atoms with Gasteiger partial charge in [-0.3, -0.25) is 4.84 Å². The van der Waals surface area contributed by atoms with Gasteiger partial charge in [0.15, 0.2) is 0 Å². The molecular weight excluding hydrogens is 250 g/mol. The molecule has 2 rings (SSSR count). The summed E-state index contributed by atoms with van der Waals surface area (Å²) in [6, 6.07) is 6.43. The van der Waals surface area contributed by atoms with E-state index in [0.29, 0.717) is 6.61 Å². The highest BCUT2D eigenvalue weighted by Gasteiger charge is 2.39. The summed E-state index contributed by atoms with van der Waals surface area (Å²) in [4.78, 5) is 5.54. The summed E-state index contributed by atoms with van der Waals surface area (Å²) in [6.45, 7) is 7.92. The molecule has 1 aromatic rings. The van der Waals surface area contributed by atoms with E-state index in [0.717, 1.165) is 10.0 Å². The van der Waals surface area contributed by atoms with E-state index in [4.69, 9.17) is 4.84 Å². The van der Waals surface area contributed by atoms with Gasteiger partial charge < -0.3 is 0 Å². The van der Waals surface area contributed by atoms with E-state index in [1.165, 1.54) is 0 Å². The van der Waals surface area contributed by atoms with E-state index < -0.39 is 10.0 Å². The zero-order valence-corrected chi connectivity index (χ0v) is 11.4. The van der Waals surface area contributed by atoms with Crippen molar-refractivity contribution in [2.75, 3.05) is 6.61 Å². The topological polar surface area (TPSA) is 46.6 Å². The van der Waals surface area contributed by atoms with Gasteiger partial charge in [0.05, 0.1) is 17.5 Å². The normalized spacial score (nSPS) is 25.2. The largest absolute Gasteiger partial charge is 0.283 e. The Balaban J connectivity index is 2.37. The second-order valence-electron chi connectivity index (χ2n) is 4.57. The van der Waals surface area contributed by atoms with Gasteiger partial charge in [-0.05, 0) is 19.1 Å². The van der Waals surface area contributed by atoms with Crippen LogP contribution in [0.4, 0.5) is 0 Å². The fourth-order valence-electron chi connectivity index (χ4n) is 1.95. The molecule has 0 saturated carbocycles. The molecule has 5 heteroatoms. The number of sulfonamides is 1. The highest BCUT2D eigenvalue weighted by molar-refractivity contribution is 7.89. The van der Waals surface area contributed by atoms with Gasteiger partial charge >= 0.3 is 0 Å². The van der Waals surface area contributed by atoms with Crippen LogP contribution in [0.3, 0.4) is 0 Å². The molecule has 2 atom stereocenters. The van der Waals surface area contributed by atoms with Crippen molar-refractivity contribution in [3.8, 4) is 0 Å². The molecule has 0 amide bonds. The number of rotatable bonds is 3. The van der Waals surface area contributed by atoms with Crippen molar-refractivity contribution >= 4 is 10.0 Å². The molecule has 1 heterocycles. The van der Waals surface area contributed by atoms with Crippen molar-refractivity contribution in [1.82, 2.24) is 4.47 Å².